The van der Waals surface area contributed by atoms with Gasteiger partial charge in [0.15, 0.2) is 6.10 Å². The van der Waals surface area contributed by atoms with Crippen LogP contribution in [-0.4, -0.2) is 30.6 Å². The lowest BCUT2D eigenvalue weighted by molar-refractivity contribution is -0.156. The van der Waals surface area contributed by atoms with Gasteiger partial charge in [-0.05, 0) is 25.7 Å². The standard InChI is InChI=1S/C17H31BrO3/c1-3-5-6-8-11-14-20-16(4-2)17(19)21-15-12-9-7-10-13-18/h8,11,16H,3-7,9-10,12-15H2,1-2H3/b11-8+. The third-order valence-electron chi connectivity index (χ3n) is 3.19. The number of ether oxygens (including phenoxy) is 2. The van der Waals surface area contributed by atoms with E-state index in [1.165, 1.54) is 25.7 Å². The quantitative estimate of drug-likeness (QED) is 0.188. The SMILES string of the molecule is CCCC/C=C/COC(CC)C(=O)OCCCCCCBr. The molecule has 1 unspecified atom stereocenters. The Hall–Kier alpha value is -0.350. The van der Waals surface area contributed by atoms with Gasteiger partial charge < -0.3 is 9.47 Å². The molecule has 0 aromatic rings. The Balaban J connectivity index is 3.68. The van der Waals surface area contributed by atoms with Crippen molar-refractivity contribution >= 4 is 21.9 Å². The normalized spacial score (nSPS) is 12.7. The minimum atomic E-state index is -0.427. The predicted octanol–water partition coefficient (Wildman–Crippen LogP) is 5.03. The summed E-state index contributed by atoms with van der Waals surface area (Å²) in [4.78, 5) is 11.9. The molecule has 0 spiro atoms. The summed E-state index contributed by atoms with van der Waals surface area (Å²) in [6.45, 7) is 5.12. The number of carbonyl (C=O) groups is 1. The van der Waals surface area contributed by atoms with Gasteiger partial charge in [-0.25, -0.2) is 4.79 Å². The van der Waals surface area contributed by atoms with Crippen molar-refractivity contribution in [3.63, 3.8) is 0 Å². The predicted molar refractivity (Wildman–Crippen MR) is 91.9 cm³/mol. The number of carbonyl (C=O) groups excluding carboxylic acids is 1. The lowest BCUT2D eigenvalue weighted by Gasteiger charge is -2.14. The summed E-state index contributed by atoms with van der Waals surface area (Å²) in [5, 5.41) is 1.05. The van der Waals surface area contributed by atoms with Crippen molar-refractivity contribution in [2.24, 2.45) is 0 Å². The van der Waals surface area contributed by atoms with Gasteiger partial charge in [0.05, 0.1) is 13.2 Å². The lowest BCUT2D eigenvalue weighted by atomic mass is 10.2. The molecule has 0 aliphatic heterocycles. The van der Waals surface area contributed by atoms with Crippen LogP contribution >= 0.6 is 15.9 Å². The second kappa shape index (κ2) is 16.0. The highest BCUT2D eigenvalue weighted by atomic mass is 79.9. The molecule has 0 saturated carbocycles. The number of allylic oxidation sites excluding steroid dienone is 1. The fourth-order valence-electron chi connectivity index (χ4n) is 1.85. The van der Waals surface area contributed by atoms with E-state index in [0.29, 0.717) is 19.6 Å². The van der Waals surface area contributed by atoms with Gasteiger partial charge in [-0.1, -0.05) is 67.6 Å². The molecule has 0 bridgehead atoms. The highest BCUT2D eigenvalue weighted by Gasteiger charge is 2.17. The fourth-order valence-corrected chi connectivity index (χ4v) is 2.24. The van der Waals surface area contributed by atoms with Crippen molar-refractivity contribution in [2.75, 3.05) is 18.5 Å². The van der Waals surface area contributed by atoms with Gasteiger partial charge >= 0.3 is 5.97 Å². The molecule has 4 heteroatoms. The number of hydrogen-bond acceptors (Lipinski definition) is 3. The monoisotopic (exact) mass is 362 g/mol. The zero-order valence-electron chi connectivity index (χ0n) is 13.6. The largest absolute Gasteiger partial charge is 0.464 e. The third kappa shape index (κ3) is 13.1. The molecule has 0 N–H and O–H groups in total. The first-order valence-electron chi connectivity index (χ1n) is 8.25. The molecule has 21 heavy (non-hydrogen) atoms. The average Bonchev–Trinajstić information content (AvgIpc) is 2.50. The zero-order chi connectivity index (χ0) is 15.8. The summed E-state index contributed by atoms with van der Waals surface area (Å²) in [5.74, 6) is -0.222. The van der Waals surface area contributed by atoms with Gasteiger partial charge in [-0.3, -0.25) is 0 Å². The Morgan fingerprint density at radius 2 is 1.86 bits per heavy atom. The molecule has 0 saturated heterocycles. The molecule has 0 aliphatic carbocycles. The van der Waals surface area contributed by atoms with E-state index in [4.69, 9.17) is 9.47 Å². The Labute approximate surface area is 138 Å². The molecule has 1 atom stereocenters. The van der Waals surface area contributed by atoms with Crippen molar-refractivity contribution in [1.29, 1.82) is 0 Å². The van der Waals surface area contributed by atoms with Gasteiger partial charge in [0.25, 0.3) is 0 Å². The van der Waals surface area contributed by atoms with Gasteiger partial charge in [0.2, 0.25) is 0 Å². The maximum absolute atomic E-state index is 11.9. The van der Waals surface area contributed by atoms with Crippen LogP contribution in [0.2, 0.25) is 0 Å². The van der Waals surface area contributed by atoms with Crippen molar-refractivity contribution in [2.45, 2.75) is 71.3 Å². The maximum Gasteiger partial charge on any atom is 0.335 e. The molecule has 0 fully saturated rings. The first-order valence-corrected chi connectivity index (χ1v) is 9.37. The molecule has 0 aliphatic rings. The second-order valence-electron chi connectivity index (χ2n) is 5.11. The van der Waals surface area contributed by atoms with Crippen LogP contribution in [0.25, 0.3) is 0 Å². The number of halogens is 1. The molecular weight excluding hydrogens is 332 g/mol. The molecule has 0 aromatic carbocycles. The molecule has 3 nitrogen and oxygen atoms in total. The third-order valence-corrected chi connectivity index (χ3v) is 3.75. The summed E-state index contributed by atoms with van der Waals surface area (Å²) < 4.78 is 10.8. The maximum atomic E-state index is 11.9. The second-order valence-corrected chi connectivity index (χ2v) is 5.91. The highest BCUT2D eigenvalue weighted by Crippen LogP contribution is 2.05. The van der Waals surface area contributed by atoms with E-state index < -0.39 is 6.10 Å². The Morgan fingerprint density at radius 1 is 1.10 bits per heavy atom. The summed E-state index contributed by atoms with van der Waals surface area (Å²) in [7, 11) is 0. The van der Waals surface area contributed by atoms with Crippen LogP contribution in [-0.2, 0) is 14.3 Å². The Morgan fingerprint density at radius 3 is 2.52 bits per heavy atom. The summed E-state index contributed by atoms with van der Waals surface area (Å²) in [5.41, 5.74) is 0. The zero-order valence-corrected chi connectivity index (χ0v) is 15.2. The van der Waals surface area contributed by atoms with Crippen LogP contribution in [0.15, 0.2) is 12.2 Å². The average molecular weight is 363 g/mol. The van der Waals surface area contributed by atoms with E-state index in [1.807, 2.05) is 13.0 Å². The number of esters is 1. The van der Waals surface area contributed by atoms with Gasteiger partial charge in [0, 0.05) is 5.33 Å². The van der Waals surface area contributed by atoms with Crippen molar-refractivity contribution in [1.82, 2.24) is 0 Å². The van der Waals surface area contributed by atoms with Crippen molar-refractivity contribution in [3.8, 4) is 0 Å². The fraction of sp³-hybridized carbons (Fsp3) is 0.824. The number of unbranched alkanes of at least 4 members (excludes halogenated alkanes) is 5. The summed E-state index contributed by atoms with van der Waals surface area (Å²) in [6.07, 6.45) is 12.2. The first kappa shape index (κ1) is 20.6. The van der Waals surface area contributed by atoms with Crippen LogP contribution in [0.5, 0.6) is 0 Å². The van der Waals surface area contributed by atoms with E-state index in [9.17, 15) is 4.79 Å². The molecule has 124 valence electrons. The summed E-state index contributed by atoms with van der Waals surface area (Å²) in [6, 6.07) is 0. The Bertz CT molecular complexity index is 267. The van der Waals surface area contributed by atoms with Crippen LogP contribution in [0.3, 0.4) is 0 Å². The van der Waals surface area contributed by atoms with Crippen molar-refractivity contribution in [3.05, 3.63) is 12.2 Å². The molecule has 0 amide bonds. The van der Waals surface area contributed by atoms with E-state index in [2.05, 4.69) is 28.9 Å². The molecule has 0 radical (unpaired) electrons. The van der Waals surface area contributed by atoms with E-state index >= 15 is 0 Å². The first-order chi connectivity index (χ1) is 10.3. The van der Waals surface area contributed by atoms with Crippen LogP contribution in [0, 0.1) is 0 Å². The minimum absolute atomic E-state index is 0.222. The smallest absolute Gasteiger partial charge is 0.335 e. The van der Waals surface area contributed by atoms with Gasteiger partial charge in [-0.15, -0.1) is 0 Å². The van der Waals surface area contributed by atoms with E-state index in [1.54, 1.807) is 0 Å². The van der Waals surface area contributed by atoms with Crippen molar-refractivity contribution < 1.29 is 14.3 Å². The number of hydrogen-bond donors (Lipinski definition) is 0. The molecule has 0 heterocycles. The van der Waals surface area contributed by atoms with E-state index in [0.717, 1.165) is 24.6 Å². The number of alkyl halides is 1. The molecular formula is C17H31BrO3. The minimum Gasteiger partial charge on any atom is -0.464 e. The van der Waals surface area contributed by atoms with Crippen LogP contribution < -0.4 is 0 Å². The van der Waals surface area contributed by atoms with E-state index in [-0.39, 0.29) is 5.97 Å². The summed E-state index contributed by atoms with van der Waals surface area (Å²) >= 11 is 3.41. The Kier molecular flexibility index (Phi) is 15.8. The van der Waals surface area contributed by atoms with Crippen LogP contribution in [0.4, 0.5) is 0 Å². The van der Waals surface area contributed by atoms with Gasteiger partial charge in [0.1, 0.15) is 0 Å². The number of rotatable bonds is 14. The molecule has 0 rings (SSSR count). The van der Waals surface area contributed by atoms with Gasteiger partial charge in [-0.2, -0.15) is 0 Å². The highest BCUT2D eigenvalue weighted by molar-refractivity contribution is 9.09. The molecule has 0 aromatic heterocycles. The van der Waals surface area contributed by atoms with Crippen LogP contribution in [0.1, 0.15) is 65.2 Å². The lowest BCUT2D eigenvalue weighted by Crippen LogP contribution is -2.26. The topological polar surface area (TPSA) is 35.5 Å².